The highest BCUT2D eigenvalue weighted by Crippen LogP contribution is 2.40. The summed E-state index contributed by atoms with van der Waals surface area (Å²) in [5.74, 6) is 0.687. The molecule has 1 fully saturated rings. The van der Waals surface area contributed by atoms with Crippen molar-refractivity contribution in [2.75, 3.05) is 5.73 Å². The molecule has 3 aromatic rings. The summed E-state index contributed by atoms with van der Waals surface area (Å²) in [5, 5.41) is 1.22. The van der Waals surface area contributed by atoms with Crippen LogP contribution < -0.4 is 5.73 Å². The van der Waals surface area contributed by atoms with Crippen molar-refractivity contribution < 1.29 is 0 Å². The van der Waals surface area contributed by atoms with Crippen molar-refractivity contribution in [3.05, 3.63) is 42.5 Å². The second kappa shape index (κ2) is 4.34. The van der Waals surface area contributed by atoms with Crippen LogP contribution in [0.15, 0.2) is 36.9 Å². The summed E-state index contributed by atoms with van der Waals surface area (Å²) in [5.41, 5.74) is 11.1. The normalized spacial score (nSPS) is 15.4. The zero-order valence-corrected chi connectivity index (χ0v) is 11.1. The molecule has 4 heteroatoms. The van der Waals surface area contributed by atoms with E-state index in [2.05, 4.69) is 27.2 Å². The molecule has 0 unspecified atom stereocenters. The molecule has 3 aromatic heterocycles. The van der Waals surface area contributed by atoms with E-state index < -0.39 is 0 Å². The zero-order valence-electron chi connectivity index (χ0n) is 11.1. The predicted octanol–water partition coefficient (Wildman–Crippen LogP) is 3.47. The molecule has 4 rings (SSSR count). The summed E-state index contributed by atoms with van der Waals surface area (Å²) < 4.78 is 0. The molecular formula is C16H16N4. The Morgan fingerprint density at radius 1 is 1.25 bits per heavy atom. The van der Waals surface area contributed by atoms with E-state index >= 15 is 0 Å². The van der Waals surface area contributed by atoms with E-state index in [1.165, 1.54) is 30.2 Å². The first-order valence-corrected chi connectivity index (χ1v) is 7.00. The van der Waals surface area contributed by atoms with Gasteiger partial charge in [-0.2, -0.15) is 0 Å². The molecule has 0 amide bonds. The fourth-order valence-electron chi connectivity index (χ4n) is 2.87. The Hall–Kier alpha value is -2.36. The molecule has 20 heavy (non-hydrogen) atoms. The van der Waals surface area contributed by atoms with E-state index in [1.54, 1.807) is 12.4 Å². The fourth-order valence-corrected chi connectivity index (χ4v) is 2.87. The molecule has 1 aliphatic carbocycles. The summed E-state index contributed by atoms with van der Waals surface area (Å²) in [4.78, 5) is 12.0. The van der Waals surface area contributed by atoms with Crippen LogP contribution in [0.2, 0.25) is 0 Å². The molecule has 0 spiro atoms. The van der Waals surface area contributed by atoms with Gasteiger partial charge in [-0.05, 0) is 36.5 Å². The van der Waals surface area contributed by atoms with Crippen LogP contribution >= 0.6 is 0 Å². The monoisotopic (exact) mass is 264 g/mol. The highest BCUT2D eigenvalue weighted by atomic mass is 14.8. The number of nitrogen functional groups attached to an aromatic ring is 1. The molecule has 3 N–H and O–H groups in total. The van der Waals surface area contributed by atoms with Gasteiger partial charge in [0.05, 0.1) is 0 Å². The fraction of sp³-hybridized carbons (Fsp3) is 0.250. The topological polar surface area (TPSA) is 67.6 Å². The van der Waals surface area contributed by atoms with Gasteiger partial charge in [0.1, 0.15) is 5.65 Å². The molecule has 0 saturated heterocycles. The summed E-state index contributed by atoms with van der Waals surface area (Å²) in [7, 11) is 0. The highest BCUT2D eigenvalue weighted by molar-refractivity contribution is 5.87. The van der Waals surface area contributed by atoms with Gasteiger partial charge >= 0.3 is 0 Å². The van der Waals surface area contributed by atoms with Gasteiger partial charge in [-0.25, -0.2) is 4.98 Å². The highest BCUT2D eigenvalue weighted by Gasteiger charge is 2.22. The van der Waals surface area contributed by atoms with E-state index in [0.29, 0.717) is 5.92 Å². The Labute approximate surface area is 117 Å². The maximum absolute atomic E-state index is 6.03. The molecule has 0 radical (unpaired) electrons. The summed E-state index contributed by atoms with van der Waals surface area (Å²) >= 11 is 0. The Bertz CT molecular complexity index is 771. The van der Waals surface area contributed by atoms with Crippen molar-refractivity contribution in [1.82, 2.24) is 15.0 Å². The standard InChI is InChI=1S/C16H16N4/c17-15-4-5-18-8-14(15)11-6-12-13(10-2-1-3-10)9-20-16(12)19-7-11/h4-10H,1-3H2,(H2,17,18)(H,19,20). The second-order valence-electron chi connectivity index (χ2n) is 5.45. The predicted molar refractivity (Wildman–Crippen MR) is 80.3 cm³/mol. The molecule has 0 atom stereocenters. The molecule has 1 saturated carbocycles. The number of pyridine rings is 2. The van der Waals surface area contributed by atoms with Crippen molar-refractivity contribution in [1.29, 1.82) is 0 Å². The smallest absolute Gasteiger partial charge is 0.137 e. The number of anilines is 1. The van der Waals surface area contributed by atoms with Crippen LogP contribution in [-0.2, 0) is 0 Å². The van der Waals surface area contributed by atoms with Gasteiger partial charge in [-0.15, -0.1) is 0 Å². The number of aromatic nitrogens is 3. The van der Waals surface area contributed by atoms with Crippen molar-refractivity contribution in [2.45, 2.75) is 25.2 Å². The number of nitrogens with one attached hydrogen (secondary N) is 1. The largest absolute Gasteiger partial charge is 0.398 e. The van der Waals surface area contributed by atoms with Crippen LogP contribution in [0.1, 0.15) is 30.7 Å². The molecular weight excluding hydrogens is 248 g/mol. The van der Waals surface area contributed by atoms with Gasteiger partial charge in [0.2, 0.25) is 0 Å². The molecule has 0 aliphatic heterocycles. The minimum Gasteiger partial charge on any atom is -0.398 e. The third kappa shape index (κ3) is 1.68. The Balaban J connectivity index is 1.87. The van der Waals surface area contributed by atoms with Crippen LogP contribution in [0.25, 0.3) is 22.2 Å². The van der Waals surface area contributed by atoms with Crippen molar-refractivity contribution in [3.8, 4) is 11.1 Å². The first-order chi connectivity index (χ1) is 9.83. The van der Waals surface area contributed by atoms with E-state index in [1.807, 2.05) is 12.3 Å². The third-order valence-electron chi connectivity index (χ3n) is 4.27. The molecule has 0 bridgehead atoms. The Kier molecular flexibility index (Phi) is 2.49. The lowest BCUT2D eigenvalue weighted by atomic mass is 9.80. The first kappa shape index (κ1) is 11.5. The Morgan fingerprint density at radius 2 is 2.15 bits per heavy atom. The second-order valence-corrected chi connectivity index (χ2v) is 5.45. The number of nitrogens with two attached hydrogens (primary N) is 1. The minimum absolute atomic E-state index is 0.687. The number of rotatable bonds is 2. The number of aromatic amines is 1. The maximum atomic E-state index is 6.03. The summed E-state index contributed by atoms with van der Waals surface area (Å²) in [6, 6.07) is 4.00. The van der Waals surface area contributed by atoms with Crippen LogP contribution in [0.3, 0.4) is 0 Å². The van der Waals surface area contributed by atoms with Gasteiger partial charge in [0, 0.05) is 47.0 Å². The average molecular weight is 264 g/mol. The lowest BCUT2D eigenvalue weighted by molar-refractivity contribution is 0.422. The van der Waals surface area contributed by atoms with Crippen molar-refractivity contribution in [3.63, 3.8) is 0 Å². The van der Waals surface area contributed by atoms with Gasteiger partial charge in [-0.1, -0.05) is 6.42 Å². The van der Waals surface area contributed by atoms with Crippen molar-refractivity contribution in [2.24, 2.45) is 0 Å². The number of fused-ring (bicyclic) bond motifs is 1. The number of nitrogens with zero attached hydrogens (tertiary/aromatic N) is 2. The van der Waals surface area contributed by atoms with Crippen LogP contribution in [0, 0.1) is 0 Å². The quantitative estimate of drug-likeness (QED) is 0.744. The summed E-state index contributed by atoms with van der Waals surface area (Å²) in [6.07, 6.45) is 11.4. The van der Waals surface area contributed by atoms with E-state index in [-0.39, 0.29) is 0 Å². The lowest BCUT2D eigenvalue weighted by Gasteiger charge is -2.24. The molecule has 1 aliphatic rings. The summed E-state index contributed by atoms with van der Waals surface area (Å²) in [6.45, 7) is 0. The lowest BCUT2D eigenvalue weighted by Crippen LogP contribution is -2.07. The van der Waals surface area contributed by atoms with Crippen LogP contribution in [0.4, 0.5) is 5.69 Å². The number of hydrogen-bond acceptors (Lipinski definition) is 3. The molecule has 100 valence electrons. The maximum Gasteiger partial charge on any atom is 0.137 e. The van der Waals surface area contributed by atoms with Crippen LogP contribution in [0.5, 0.6) is 0 Å². The van der Waals surface area contributed by atoms with Crippen LogP contribution in [-0.4, -0.2) is 15.0 Å². The first-order valence-electron chi connectivity index (χ1n) is 7.00. The minimum atomic E-state index is 0.687. The van der Waals surface area contributed by atoms with Crippen molar-refractivity contribution >= 4 is 16.7 Å². The SMILES string of the molecule is Nc1ccncc1-c1cnc2[nH]cc(C3CCC3)c2c1. The van der Waals surface area contributed by atoms with Gasteiger partial charge in [0.15, 0.2) is 0 Å². The molecule has 3 heterocycles. The Morgan fingerprint density at radius 3 is 2.90 bits per heavy atom. The number of H-pyrrole nitrogens is 1. The average Bonchev–Trinajstić information content (AvgIpc) is 2.81. The number of hydrogen-bond donors (Lipinski definition) is 2. The van der Waals surface area contributed by atoms with E-state index in [9.17, 15) is 0 Å². The molecule has 0 aromatic carbocycles. The van der Waals surface area contributed by atoms with E-state index in [0.717, 1.165) is 22.5 Å². The van der Waals surface area contributed by atoms with Gasteiger partial charge in [-0.3, -0.25) is 4.98 Å². The van der Waals surface area contributed by atoms with Gasteiger partial charge in [0.25, 0.3) is 0 Å². The molecule has 4 nitrogen and oxygen atoms in total. The van der Waals surface area contributed by atoms with E-state index in [4.69, 9.17) is 5.73 Å². The zero-order chi connectivity index (χ0) is 13.5. The van der Waals surface area contributed by atoms with Gasteiger partial charge < -0.3 is 10.7 Å². The third-order valence-corrected chi connectivity index (χ3v) is 4.27.